The van der Waals surface area contributed by atoms with Crippen molar-refractivity contribution in [2.45, 2.75) is 33.2 Å². The van der Waals surface area contributed by atoms with Crippen LogP contribution in [-0.2, 0) is 0 Å². The van der Waals surface area contributed by atoms with E-state index in [1.165, 1.54) is 0 Å². The number of carbonyl (C=O) groups is 1. The van der Waals surface area contributed by atoms with Gasteiger partial charge >= 0.3 is 0 Å². The fraction of sp³-hybridized carbons (Fsp3) is 0.667. The summed E-state index contributed by atoms with van der Waals surface area (Å²) in [6.07, 6.45) is 0.856. The molecule has 0 saturated carbocycles. The molecule has 0 aliphatic heterocycles. The van der Waals surface area contributed by atoms with Gasteiger partial charge in [0.25, 0.3) is 5.91 Å². The molecule has 0 bridgehead atoms. The van der Waals surface area contributed by atoms with Crippen LogP contribution in [0.3, 0.4) is 0 Å². The van der Waals surface area contributed by atoms with E-state index in [0.29, 0.717) is 5.92 Å². The summed E-state index contributed by atoms with van der Waals surface area (Å²) in [6.45, 7) is 6.09. The molecule has 1 atom stereocenters. The van der Waals surface area contributed by atoms with Gasteiger partial charge in [-0.1, -0.05) is 20.8 Å². The second-order valence-corrected chi connectivity index (χ2v) is 3.73. The number of nitrogens with one attached hydrogen (secondary N) is 1. The van der Waals surface area contributed by atoms with Crippen molar-refractivity contribution >= 4 is 11.7 Å². The Balaban J connectivity index is 2.67. The van der Waals surface area contributed by atoms with Crippen molar-refractivity contribution in [3.63, 3.8) is 0 Å². The van der Waals surface area contributed by atoms with Crippen LogP contribution in [0.1, 0.15) is 37.7 Å². The monoisotopic (exact) mass is 212 g/mol. The lowest BCUT2D eigenvalue weighted by atomic mass is 10.0. The van der Waals surface area contributed by atoms with Gasteiger partial charge in [-0.2, -0.15) is 0 Å². The molecule has 1 rings (SSSR count). The van der Waals surface area contributed by atoms with E-state index >= 15 is 0 Å². The van der Waals surface area contributed by atoms with Crippen LogP contribution in [0, 0.1) is 5.92 Å². The van der Waals surface area contributed by atoms with Gasteiger partial charge in [0.15, 0.2) is 0 Å². The molecule has 0 spiro atoms. The van der Waals surface area contributed by atoms with Crippen molar-refractivity contribution in [2.24, 2.45) is 5.92 Å². The van der Waals surface area contributed by atoms with Crippen molar-refractivity contribution in [1.82, 2.24) is 15.6 Å². The highest BCUT2D eigenvalue weighted by atomic mass is 16.6. The Labute approximate surface area is 88.2 Å². The zero-order chi connectivity index (χ0) is 11.4. The highest BCUT2D eigenvalue weighted by Crippen LogP contribution is 2.09. The summed E-state index contributed by atoms with van der Waals surface area (Å²) in [7, 11) is 0. The van der Waals surface area contributed by atoms with Crippen LogP contribution >= 0.6 is 0 Å². The molecule has 0 fully saturated rings. The fourth-order valence-corrected chi connectivity index (χ4v) is 1.33. The van der Waals surface area contributed by atoms with E-state index in [1.807, 2.05) is 20.8 Å². The van der Waals surface area contributed by atoms with E-state index in [1.54, 1.807) is 0 Å². The van der Waals surface area contributed by atoms with Gasteiger partial charge in [0.2, 0.25) is 11.5 Å². The number of aromatic nitrogens is 2. The third-order valence-electron chi connectivity index (χ3n) is 2.29. The van der Waals surface area contributed by atoms with Crippen LogP contribution in [0.25, 0.3) is 0 Å². The largest absolute Gasteiger partial charge is 0.379 e. The summed E-state index contributed by atoms with van der Waals surface area (Å²) >= 11 is 0. The average molecular weight is 212 g/mol. The highest BCUT2D eigenvalue weighted by molar-refractivity contribution is 5.96. The molecule has 0 aromatic carbocycles. The van der Waals surface area contributed by atoms with Crippen LogP contribution in [0.5, 0.6) is 0 Å². The van der Waals surface area contributed by atoms with E-state index in [4.69, 9.17) is 5.73 Å². The molecule has 3 N–H and O–H groups in total. The number of hydrogen-bond donors (Lipinski definition) is 2. The lowest BCUT2D eigenvalue weighted by Crippen LogP contribution is -2.38. The Bertz CT molecular complexity index is 335. The number of hydrogen-bond acceptors (Lipinski definition) is 5. The molecule has 0 aliphatic rings. The summed E-state index contributed by atoms with van der Waals surface area (Å²) in [4.78, 5) is 11.6. The molecular weight excluding hydrogens is 196 g/mol. The molecule has 1 unspecified atom stereocenters. The van der Waals surface area contributed by atoms with E-state index in [9.17, 15) is 4.79 Å². The Morgan fingerprint density at radius 2 is 2.20 bits per heavy atom. The zero-order valence-electron chi connectivity index (χ0n) is 9.15. The zero-order valence-corrected chi connectivity index (χ0v) is 9.15. The topological polar surface area (TPSA) is 94.0 Å². The maximum atomic E-state index is 11.6. The Morgan fingerprint density at radius 1 is 1.53 bits per heavy atom. The number of nitrogen functional groups attached to an aromatic ring is 1. The first kappa shape index (κ1) is 11.5. The number of rotatable bonds is 4. The summed E-state index contributed by atoms with van der Waals surface area (Å²) in [6, 6.07) is 0.105. The van der Waals surface area contributed by atoms with Gasteiger partial charge in [-0.05, 0) is 22.7 Å². The van der Waals surface area contributed by atoms with E-state index < -0.39 is 0 Å². The minimum atomic E-state index is -0.339. The summed E-state index contributed by atoms with van der Waals surface area (Å²) in [5.41, 5.74) is 5.46. The summed E-state index contributed by atoms with van der Waals surface area (Å²) in [5.74, 6) is 0.0421. The predicted molar refractivity (Wildman–Crippen MR) is 55.1 cm³/mol. The van der Waals surface area contributed by atoms with Gasteiger partial charge in [-0.15, -0.1) is 0 Å². The maximum absolute atomic E-state index is 11.6. The lowest BCUT2D eigenvalue weighted by Gasteiger charge is -2.19. The van der Waals surface area contributed by atoms with Gasteiger partial charge in [0.05, 0.1) is 0 Å². The first-order valence-corrected chi connectivity index (χ1v) is 4.95. The second-order valence-electron chi connectivity index (χ2n) is 3.73. The third-order valence-corrected chi connectivity index (χ3v) is 2.29. The Kier molecular flexibility index (Phi) is 3.65. The maximum Gasteiger partial charge on any atom is 0.277 e. The standard InChI is InChI=1S/C9H16N4O2/c1-4-6(5(2)3)11-9(14)7-8(10)13-15-12-7/h5-6H,4H2,1-3H3,(H2,10,13)(H,11,14). The number of anilines is 1. The molecule has 0 aliphatic carbocycles. The van der Waals surface area contributed by atoms with Crippen LogP contribution in [-0.4, -0.2) is 22.3 Å². The molecular formula is C9H16N4O2. The Morgan fingerprint density at radius 3 is 2.60 bits per heavy atom. The number of nitrogens with two attached hydrogens (primary N) is 1. The fourth-order valence-electron chi connectivity index (χ4n) is 1.33. The van der Waals surface area contributed by atoms with Gasteiger partial charge < -0.3 is 11.1 Å². The van der Waals surface area contributed by atoms with Gasteiger partial charge in [0.1, 0.15) is 0 Å². The average Bonchev–Trinajstić information content (AvgIpc) is 2.60. The third kappa shape index (κ3) is 2.68. The van der Waals surface area contributed by atoms with Crippen molar-refractivity contribution in [3.05, 3.63) is 5.69 Å². The quantitative estimate of drug-likeness (QED) is 0.770. The molecule has 0 saturated heterocycles. The lowest BCUT2D eigenvalue weighted by molar-refractivity contribution is 0.0915. The number of carbonyl (C=O) groups excluding carboxylic acids is 1. The molecule has 1 heterocycles. The number of nitrogens with zero attached hydrogens (tertiary/aromatic N) is 2. The number of amides is 1. The second kappa shape index (κ2) is 4.77. The van der Waals surface area contributed by atoms with Crippen molar-refractivity contribution in [1.29, 1.82) is 0 Å². The molecule has 1 aromatic rings. The Hall–Kier alpha value is -1.59. The molecule has 6 nitrogen and oxygen atoms in total. The summed E-state index contributed by atoms with van der Waals surface area (Å²) < 4.78 is 4.36. The smallest absolute Gasteiger partial charge is 0.277 e. The predicted octanol–water partition coefficient (Wildman–Crippen LogP) is 0.816. The van der Waals surface area contributed by atoms with Crippen molar-refractivity contribution in [3.8, 4) is 0 Å². The molecule has 0 radical (unpaired) electrons. The van der Waals surface area contributed by atoms with Crippen LogP contribution in [0.2, 0.25) is 0 Å². The molecule has 1 amide bonds. The molecule has 15 heavy (non-hydrogen) atoms. The van der Waals surface area contributed by atoms with Gasteiger partial charge in [-0.3, -0.25) is 4.79 Å². The highest BCUT2D eigenvalue weighted by Gasteiger charge is 2.20. The molecule has 84 valence electrons. The van der Waals surface area contributed by atoms with Crippen molar-refractivity contribution < 1.29 is 9.42 Å². The van der Waals surface area contributed by atoms with Crippen molar-refractivity contribution in [2.75, 3.05) is 5.73 Å². The first-order chi connectivity index (χ1) is 7.06. The van der Waals surface area contributed by atoms with Crippen LogP contribution in [0.15, 0.2) is 4.63 Å². The van der Waals surface area contributed by atoms with Gasteiger partial charge in [-0.25, -0.2) is 4.63 Å². The normalized spacial score (nSPS) is 12.8. The SMILES string of the molecule is CCC(NC(=O)c1nonc1N)C(C)C. The first-order valence-electron chi connectivity index (χ1n) is 4.95. The molecule has 1 aromatic heterocycles. The summed E-state index contributed by atoms with van der Waals surface area (Å²) in [5, 5.41) is 9.61. The van der Waals surface area contributed by atoms with E-state index in [-0.39, 0.29) is 23.5 Å². The van der Waals surface area contributed by atoms with Gasteiger partial charge in [0, 0.05) is 6.04 Å². The van der Waals surface area contributed by atoms with E-state index in [0.717, 1.165) is 6.42 Å². The minimum absolute atomic E-state index is 0.0195. The minimum Gasteiger partial charge on any atom is -0.379 e. The van der Waals surface area contributed by atoms with Crippen LogP contribution < -0.4 is 11.1 Å². The molecule has 6 heteroatoms. The van der Waals surface area contributed by atoms with E-state index in [2.05, 4.69) is 20.3 Å². The van der Waals surface area contributed by atoms with Crippen LogP contribution in [0.4, 0.5) is 5.82 Å².